The molecule has 0 atom stereocenters. The second-order valence-corrected chi connectivity index (χ2v) is 6.17. The zero-order chi connectivity index (χ0) is 16.9. The maximum Gasteiger partial charge on any atom is 0.344 e. The Bertz CT molecular complexity index is 931. The van der Waals surface area contributed by atoms with Gasteiger partial charge in [-0.25, -0.2) is 4.79 Å². The molecule has 0 spiro atoms. The van der Waals surface area contributed by atoms with Crippen molar-refractivity contribution in [2.24, 2.45) is 0 Å². The number of hydrogen-bond donors (Lipinski definition) is 0. The molecule has 0 N–H and O–H groups in total. The summed E-state index contributed by atoms with van der Waals surface area (Å²) in [6.45, 7) is 0.324. The molecule has 0 aliphatic rings. The molecule has 0 saturated heterocycles. The van der Waals surface area contributed by atoms with Crippen LogP contribution in [0.2, 0.25) is 0 Å². The fraction of sp³-hybridized carbons (Fsp3) is 0.222. The Hall–Kier alpha value is -2.44. The zero-order valence-corrected chi connectivity index (χ0v) is 13.9. The number of esters is 1. The van der Waals surface area contributed by atoms with Crippen LogP contribution in [0.4, 0.5) is 0 Å². The Balaban J connectivity index is 1.81. The molecule has 3 rings (SSSR count). The number of methoxy groups -OCH3 is 1. The first-order valence-electron chi connectivity index (χ1n) is 7.42. The van der Waals surface area contributed by atoms with E-state index < -0.39 is 5.97 Å². The van der Waals surface area contributed by atoms with E-state index in [1.54, 1.807) is 23.5 Å². The van der Waals surface area contributed by atoms with Crippen molar-refractivity contribution in [3.63, 3.8) is 0 Å². The van der Waals surface area contributed by atoms with Crippen LogP contribution >= 0.6 is 11.3 Å². The van der Waals surface area contributed by atoms with Gasteiger partial charge in [0.25, 0.3) is 0 Å². The van der Waals surface area contributed by atoms with E-state index in [9.17, 15) is 9.59 Å². The summed E-state index contributed by atoms with van der Waals surface area (Å²) in [5.41, 5.74) is -0.0347. The predicted octanol–water partition coefficient (Wildman–Crippen LogP) is 2.98. The maximum absolute atomic E-state index is 12.6. The molecule has 0 bridgehead atoms. The first-order chi connectivity index (χ1) is 11.7. The van der Waals surface area contributed by atoms with Crippen LogP contribution in [0, 0.1) is 0 Å². The molecule has 0 aliphatic carbocycles. The Kier molecular flexibility index (Phi) is 5.08. The highest BCUT2D eigenvalue weighted by Crippen LogP contribution is 2.27. The van der Waals surface area contributed by atoms with Gasteiger partial charge in [0.1, 0.15) is 12.4 Å². The lowest BCUT2D eigenvalue weighted by Gasteiger charge is -2.08. The summed E-state index contributed by atoms with van der Waals surface area (Å²) in [4.78, 5) is 24.1. The van der Waals surface area contributed by atoms with E-state index >= 15 is 0 Å². The fourth-order valence-corrected chi connectivity index (χ4v) is 3.35. The molecule has 0 saturated carbocycles. The van der Waals surface area contributed by atoms with Crippen molar-refractivity contribution < 1.29 is 19.0 Å². The van der Waals surface area contributed by atoms with E-state index in [-0.39, 0.29) is 18.6 Å². The molecule has 3 aromatic rings. The molecule has 1 heterocycles. The summed E-state index contributed by atoms with van der Waals surface area (Å²) in [7, 11) is 1.53. The van der Waals surface area contributed by atoms with Crippen LogP contribution in [-0.4, -0.2) is 32.9 Å². The Morgan fingerprint density at radius 1 is 1.04 bits per heavy atom. The minimum absolute atomic E-state index is 0.0347. The number of hydrogen-bond acceptors (Lipinski definition) is 6. The number of fused-ring (bicyclic) bond motifs is 2. The van der Waals surface area contributed by atoms with Gasteiger partial charge < -0.3 is 14.2 Å². The maximum atomic E-state index is 12.6. The third-order valence-electron chi connectivity index (χ3n) is 3.45. The molecule has 5 nitrogen and oxygen atoms in total. The summed E-state index contributed by atoms with van der Waals surface area (Å²) in [6.07, 6.45) is 0. The van der Waals surface area contributed by atoms with Crippen LogP contribution in [0.1, 0.15) is 0 Å². The van der Waals surface area contributed by atoms with Gasteiger partial charge in [-0.2, -0.15) is 0 Å². The van der Waals surface area contributed by atoms with Crippen molar-refractivity contribution >= 4 is 37.5 Å². The zero-order valence-electron chi connectivity index (χ0n) is 13.1. The first-order valence-corrected chi connectivity index (χ1v) is 8.23. The number of rotatable bonds is 6. The van der Waals surface area contributed by atoms with E-state index in [2.05, 4.69) is 0 Å². The Morgan fingerprint density at radius 3 is 2.67 bits per heavy atom. The minimum atomic E-state index is -0.476. The lowest BCUT2D eigenvalue weighted by atomic mass is 10.2. The Labute approximate surface area is 142 Å². The van der Waals surface area contributed by atoms with Crippen LogP contribution in [0.15, 0.2) is 47.3 Å². The van der Waals surface area contributed by atoms with E-state index in [1.807, 2.05) is 30.3 Å². The van der Waals surface area contributed by atoms with Crippen LogP contribution in [0.5, 0.6) is 5.75 Å². The van der Waals surface area contributed by atoms with Gasteiger partial charge >= 0.3 is 5.97 Å². The standard InChI is InChI=1S/C18H16O5S/c1-21-8-9-22-17(19)11-23-12-6-7-16-14(10-12)18(20)13-4-2-3-5-15(13)24-16/h2-7,10H,8-9,11H2,1H3. The van der Waals surface area contributed by atoms with Gasteiger partial charge in [0, 0.05) is 27.3 Å². The summed E-state index contributed by atoms with van der Waals surface area (Å²) >= 11 is 1.55. The average molecular weight is 344 g/mol. The molecule has 6 heteroatoms. The number of carbonyl (C=O) groups is 1. The largest absolute Gasteiger partial charge is 0.482 e. The van der Waals surface area contributed by atoms with E-state index in [4.69, 9.17) is 14.2 Å². The summed E-state index contributed by atoms with van der Waals surface area (Å²) in [5, 5.41) is 1.27. The summed E-state index contributed by atoms with van der Waals surface area (Å²) in [5.74, 6) is -0.0124. The quantitative estimate of drug-likeness (QED) is 0.391. The molecule has 0 aliphatic heterocycles. The van der Waals surface area contributed by atoms with Gasteiger partial charge in [-0.05, 0) is 30.3 Å². The fourth-order valence-electron chi connectivity index (χ4n) is 2.29. The average Bonchev–Trinajstić information content (AvgIpc) is 2.61. The normalized spacial score (nSPS) is 10.9. The number of benzene rings is 2. The molecule has 0 amide bonds. The van der Waals surface area contributed by atoms with Crippen LogP contribution in [0.25, 0.3) is 20.2 Å². The molecule has 1 aromatic heterocycles. The molecular weight excluding hydrogens is 328 g/mol. The van der Waals surface area contributed by atoms with Gasteiger partial charge in [-0.3, -0.25) is 4.79 Å². The molecule has 2 aromatic carbocycles. The Morgan fingerprint density at radius 2 is 1.83 bits per heavy atom. The lowest BCUT2D eigenvalue weighted by molar-refractivity contribution is -0.147. The van der Waals surface area contributed by atoms with Crippen LogP contribution in [-0.2, 0) is 14.3 Å². The molecule has 0 fully saturated rings. The van der Waals surface area contributed by atoms with Crippen molar-refractivity contribution in [3.8, 4) is 5.75 Å². The molecule has 24 heavy (non-hydrogen) atoms. The van der Waals surface area contributed by atoms with Crippen molar-refractivity contribution in [2.75, 3.05) is 26.9 Å². The predicted molar refractivity (Wildman–Crippen MR) is 93.9 cm³/mol. The van der Waals surface area contributed by atoms with Crippen LogP contribution in [0.3, 0.4) is 0 Å². The van der Waals surface area contributed by atoms with Gasteiger partial charge in [0.15, 0.2) is 12.0 Å². The van der Waals surface area contributed by atoms with Crippen molar-refractivity contribution in [1.82, 2.24) is 0 Å². The van der Waals surface area contributed by atoms with Crippen molar-refractivity contribution in [1.29, 1.82) is 0 Å². The smallest absolute Gasteiger partial charge is 0.344 e. The van der Waals surface area contributed by atoms with Crippen molar-refractivity contribution in [3.05, 3.63) is 52.7 Å². The monoisotopic (exact) mass is 344 g/mol. The van der Waals surface area contributed by atoms with Gasteiger partial charge in [-0.1, -0.05) is 12.1 Å². The second kappa shape index (κ2) is 7.42. The SMILES string of the molecule is COCCOC(=O)COc1ccc2sc3ccccc3c(=O)c2c1. The highest BCUT2D eigenvalue weighted by molar-refractivity contribution is 7.24. The third-order valence-corrected chi connectivity index (χ3v) is 4.61. The molecule has 0 unspecified atom stereocenters. The molecule has 0 radical (unpaired) electrons. The first kappa shape index (κ1) is 16.4. The highest BCUT2D eigenvalue weighted by atomic mass is 32.1. The van der Waals surface area contributed by atoms with E-state index in [0.717, 1.165) is 9.40 Å². The van der Waals surface area contributed by atoms with Gasteiger partial charge in [0.05, 0.1) is 6.61 Å². The van der Waals surface area contributed by atoms with Crippen molar-refractivity contribution in [2.45, 2.75) is 0 Å². The minimum Gasteiger partial charge on any atom is -0.482 e. The number of carbonyl (C=O) groups excluding carboxylic acids is 1. The topological polar surface area (TPSA) is 61.8 Å². The van der Waals surface area contributed by atoms with E-state index in [1.165, 1.54) is 7.11 Å². The van der Waals surface area contributed by atoms with Gasteiger partial charge in [-0.15, -0.1) is 11.3 Å². The van der Waals surface area contributed by atoms with Crippen LogP contribution < -0.4 is 10.2 Å². The molecular formula is C18H16O5S. The third kappa shape index (κ3) is 3.55. The highest BCUT2D eigenvalue weighted by Gasteiger charge is 2.08. The second-order valence-electron chi connectivity index (χ2n) is 5.09. The number of ether oxygens (including phenoxy) is 3. The lowest BCUT2D eigenvalue weighted by Crippen LogP contribution is -2.17. The van der Waals surface area contributed by atoms with Gasteiger partial charge in [0.2, 0.25) is 0 Å². The molecule has 124 valence electrons. The van der Waals surface area contributed by atoms with E-state index in [0.29, 0.717) is 23.1 Å². The summed E-state index contributed by atoms with van der Waals surface area (Å²) in [6, 6.07) is 12.8. The summed E-state index contributed by atoms with van der Waals surface area (Å²) < 4.78 is 17.0.